The lowest BCUT2D eigenvalue weighted by Crippen LogP contribution is -2.31. The molecule has 0 radical (unpaired) electrons. The van der Waals surface area contributed by atoms with Crippen molar-refractivity contribution in [2.24, 2.45) is 7.05 Å². The third-order valence-corrected chi connectivity index (χ3v) is 5.47. The fraction of sp³-hybridized carbons (Fsp3) is 0.200. The van der Waals surface area contributed by atoms with E-state index in [1.54, 1.807) is 0 Å². The van der Waals surface area contributed by atoms with Gasteiger partial charge in [-0.3, -0.25) is 4.98 Å². The van der Waals surface area contributed by atoms with E-state index in [2.05, 4.69) is 92.1 Å². The highest BCUT2D eigenvalue weighted by atomic mass is 14.9. The van der Waals surface area contributed by atoms with Crippen molar-refractivity contribution in [3.63, 3.8) is 0 Å². The number of aromatic nitrogens is 2. The van der Waals surface area contributed by atoms with Gasteiger partial charge in [-0.25, -0.2) is 4.57 Å². The fourth-order valence-electron chi connectivity index (χ4n) is 3.90. The van der Waals surface area contributed by atoms with Gasteiger partial charge in [0, 0.05) is 28.9 Å². The van der Waals surface area contributed by atoms with Gasteiger partial charge in [0.05, 0.1) is 10.9 Å². The Hall–Kier alpha value is -3.00. The minimum atomic E-state index is 1.04. The van der Waals surface area contributed by atoms with E-state index < -0.39 is 0 Å². The smallest absolute Gasteiger partial charge is 0.220 e. The van der Waals surface area contributed by atoms with Crippen LogP contribution >= 0.6 is 0 Å². The summed E-state index contributed by atoms with van der Waals surface area (Å²) in [6.07, 6.45) is 4.14. The Kier molecular flexibility index (Phi) is 4.27. The van der Waals surface area contributed by atoms with Gasteiger partial charge in [0.25, 0.3) is 0 Å². The molecule has 2 aromatic carbocycles. The molecule has 2 aromatic heterocycles. The van der Waals surface area contributed by atoms with Crippen molar-refractivity contribution in [1.82, 2.24) is 4.98 Å². The van der Waals surface area contributed by atoms with Gasteiger partial charge >= 0.3 is 0 Å². The Morgan fingerprint density at radius 2 is 1.63 bits per heavy atom. The number of nitrogens with zero attached hydrogens (tertiary/aromatic N) is 2. The highest BCUT2D eigenvalue weighted by molar-refractivity contribution is 6.02. The maximum absolute atomic E-state index is 4.49. The van der Waals surface area contributed by atoms with Crippen LogP contribution in [0, 0.1) is 27.7 Å². The average Bonchev–Trinajstić information content (AvgIpc) is 2.65. The molecule has 0 aliphatic carbocycles. The molecule has 0 N–H and O–H groups in total. The van der Waals surface area contributed by atoms with Crippen LogP contribution in [-0.4, -0.2) is 4.98 Å². The van der Waals surface area contributed by atoms with Crippen molar-refractivity contribution in [2.45, 2.75) is 27.7 Å². The van der Waals surface area contributed by atoms with E-state index >= 15 is 0 Å². The molecule has 2 nitrogen and oxygen atoms in total. The summed E-state index contributed by atoms with van der Waals surface area (Å²) in [7, 11) is 2.13. The second-order valence-corrected chi connectivity index (χ2v) is 7.48. The van der Waals surface area contributed by atoms with Crippen LogP contribution in [0.1, 0.15) is 22.4 Å². The molecule has 0 spiro atoms. The molecule has 0 saturated heterocycles. The molecule has 0 saturated carbocycles. The van der Waals surface area contributed by atoms with E-state index in [0.29, 0.717) is 0 Å². The molecule has 2 heterocycles. The Balaban J connectivity index is 2.05. The zero-order chi connectivity index (χ0) is 19.1. The molecular weight excluding hydrogens is 328 g/mol. The molecule has 0 aliphatic heterocycles. The maximum atomic E-state index is 4.49. The molecule has 0 fully saturated rings. The van der Waals surface area contributed by atoms with Gasteiger partial charge in [-0.2, -0.15) is 0 Å². The van der Waals surface area contributed by atoms with Crippen LogP contribution in [0.4, 0.5) is 0 Å². The lowest BCUT2D eigenvalue weighted by molar-refractivity contribution is -0.659. The van der Waals surface area contributed by atoms with E-state index in [0.717, 1.165) is 11.3 Å². The molecule has 2 heteroatoms. The molecule has 0 unspecified atom stereocenters. The average molecular weight is 353 g/mol. The van der Waals surface area contributed by atoms with Crippen molar-refractivity contribution in [1.29, 1.82) is 0 Å². The van der Waals surface area contributed by atoms with Crippen molar-refractivity contribution in [3.8, 4) is 22.4 Å². The minimum Gasteiger partial charge on any atom is -0.261 e. The van der Waals surface area contributed by atoms with E-state index in [1.807, 2.05) is 13.1 Å². The van der Waals surface area contributed by atoms with Crippen LogP contribution in [0.15, 0.2) is 60.9 Å². The second kappa shape index (κ2) is 6.62. The molecular formula is C25H25N2+. The predicted molar refractivity (Wildman–Crippen MR) is 113 cm³/mol. The number of pyridine rings is 2. The first kappa shape index (κ1) is 17.4. The second-order valence-electron chi connectivity index (χ2n) is 7.48. The zero-order valence-electron chi connectivity index (χ0n) is 16.7. The number of benzene rings is 2. The Morgan fingerprint density at radius 3 is 2.37 bits per heavy atom. The zero-order valence-corrected chi connectivity index (χ0v) is 16.7. The first-order valence-corrected chi connectivity index (χ1v) is 9.38. The van der Waals surface area contributed by atoms with E-state index in [-0.39, 0.29) is 0 Å². The molecule has 134 valence electrons. The first-order chi connectivity index (χ1) is 13.0. The van der Waals surface area contributed by atoms with Gasteiger partial charge in [0.2, 0.25) is 5.69 Å². The summed E-state index contributed by atoms with van der Waals surface area (Å²) in [5, 5.41) is 2.53. The van der Waals surface area contributed by atoms with Crippen molar-refractivity contribution >= 4 is 10.8 Å². The topological polar surface area (TPSA) is 16.8 Å². The van der Waals surface area contributed by atoms with Crippen molar-refractivity contribution in [2.75, 3.05) is 0 Å². The van der Waals surface area contributed by atoms with E-state index in [4.69, 9.17) is 0 Å². The molecule has 0 aliphatic rings. The van der Waals surface area contributed by atoms with Crippen LogP contribution in [0.25, 0.3) is 33.2 Å². The SMILES string of the molecule is Cc1cc(C)c(C)c(-c2c3cccc(-c4ccc(C)nc4)c3cc[n+]2C)c1. The molecule has 0 atom stereocenters. The van der Waals surface area contributed by atoms with Gasteiger partial charge in [0.15, 0.2) is 6.20 Å². The molecule has 4 rings (SSSR count). The largest absolute Gasteiger partial charge is 0.261 e. The number of aryl methyl sites for hydroxylation is 4. The molecule has 0 bridgehead atoms. The first-order valence-electron chi connectivity index (χ1n) is 9.38. The highest BCUT2D eigenvalue weighted by Gasteiger charge is 2.19. The monoisotopic (exact) mass is 353 g/mol. The summed E-state index contributed by atoms with van der Waals surface area (Å²) in [4.78, 5) is 4.49. The summed E-state index contributed by atoms with van der Waals surface area (Å²) in [6.45, 7) is 8.61. The Labute approximate surface area is 161 Å². The molecule has 4 aromatic rings. The van der Waals surface area contributed by atoms with E-state index in [1.165, 1.54) is 44.3 Å². The van der Waals surface area contributed by atoms with Crippen LogP contribution in [0.2, 0.25) is 0 Å². The summed E-state index contributed by atoms with van der Waals surface area (Å²) < 4.78 is 2.24. The van der Waals surface area contributed by atoms with Gasteiger partial charge in [0.1, 0.15) is 7.05 Å². The minimum absolute atomic E-state index is 1.04. The normalized spacial score (nSPS) is 11.1. The van der Waals surface area contributed by atoms with Gasteiger partial charge in [-0.15, -0.1) is 0 Å². The van der Waals surface area contributed by atoms with Crippen molar-refractivity contribution < 1.29 is 4.57 Å². The number of rotatable bonds is 2. The quantitative estimate of drug-likeness (QED) is 0.427. The lowest BCUT2D eigenvalue weighted by atomic mass is 9.92. The fourth-order valence-corrected chi connectivity index (χ4v) is 3.90. The van der Waals surface area contributed by atoms with Gasteiger partial charge in [-0.1, -0.05) is 29.8 Å². The van der Waals surface area contributed by atoms with Crippen LogP contribution < -0.4 is 4.57 Å². The van der Waals surface area contributed by atoms with Crippen molar-refractivity contribution in [3.05, 3.63) is 83.3 Å². The van der Waals surface area contributed by atoms with Crippen LogP contribution in [0.5, 0.6) is 0 Å². The van der Waals surface area contributed by atoms with Gasteiger partial charge in [-0.05, 0) is 62.6 Å². The summed E-state index contributed by atoms with van der Waals surface area (Å²) in [6, 6.07) is 17.6. The Morgan fingerprint density at radius 1 is 0.815 bits per heavy atom. The van der Waals surface area contributed by atoms with Crippen LogP contribution in [-0.2, 0) is 7.05 Å². The third-order valence-electron chi connectivity index (χ3n) is 5.47. The standard InChI is InChI=1S/C25H25N2/c1-16-13-17(2)19(4)24(14-16)25-23-8-6-7-21(22(23)11-12-27(25)5)20-10-9-18(3)26-15-20/h6-15H,1-5H3/q+1. The summed E-state index contributed by atoms with van der Waals surface area (Å²) in [5.74, 6) is 0. The van der Waals surface area contributed by atoms with Crippen LogP contribution in [0.3, 0.4) is 0 Å². The van der Waals surface area contributed by atoms with Gasteiger partial charge < -0.3 is 0 Å². The maximum Gasteiger partial charge on any atom is 0.220 e. The summed E-state index contributed by atoms with van der Waals surface area (Å²) >= 11 is 0. The number of hydrogen-bond acceptors (Lipinski definition) is 1. The molecule has 0 amide bonds. The summed E-state index contributed by atoms with van der Waals surface area (Å²) in [5.41, 5.74) is 9.96. The van der Waals surface area contributed by atoms with E-state index in [9.17, 15) is 0 Å². The lowest BCUT2D eigenvalue weighted by Gasteiger charge is -2.13. The highest BCUT2D eigenvalue weighted by Crippen LogP contribution is 2.34. The Bertz CT molecular complexity index is 1160. The third kappa shape index (κ3) is 3.02. The number of fused-ring (bicyclic) bond motifs is 1. The predicted octanol–water partition coefficient (Wildman–Crippen LogP) is 5.63. The number of hydrogen-bond donors (Lipinski definition) is 0. The molecule has 27 heavy (non-hydrogen) atoms.